The minimum Gasteiger partial charge on any atom is -0.467 e. The Morgan fingerprint density at radius 1 is 1.35 bits per heavy atom. The van der Waals surface area contributed by atoms with Crippen LogP contribution in [0.5, 0.6) is 6.01 Å². The van der Waals surface area contributed by atoms with Gasteiger partial charge in [-0.2, -0.15) is 15.0 Å². The van der Waals surface area contributed by atoms with Crippen molar-refractivity contribution in [2.24, 2.45) is 5.84 Å². The largest absolute Gasteiger partial charge is 0.467 e. The number of methoxy groups -OCH3 is 1. The van der Waals surface area contributed by atoms with Gasteiger partial charge in [-0.05, 0) is 0 Å². The molecule has 0 amide bonds. The Balaban J connectivity index is 2.60. The van der Waals surface area contributed by atoms with Gasteiger partial charge in [-0.15, -0.1) is 0 Å². The molecule has 0 bridgehead atoms. The number of nitrogens with two attached hydrogens (primary N) is 1. The van der Waals surface area contributed by atoms with Crippen LogP contribution in [0.25, 0.3) is 0 Å². The first-order chi connectivity index (χ1) is 8.19. The molecule has 0 fully saturated rings. The number of nitrogen functional groups attached to an aromatic ring is 1. The fourth-order valence-corrected chi connectivity index (χ4v) is 1.63. The first-order valence-corrected chi connectivity index (χ1v) is 6.54. The number of aromatic nitrogens is 3. The molecule has 8 nitrogen and oxygen atoms in total. The molecule has 0 radical (unpaired) electrons. The highest BCUT2D eigenvalue weighted by Crippen LogP contribution is 2.09. The van der Waals surface area contributed by atoms with Gasteiger partial charge in [0, 0.05) is 28.9 Å². The Morgan fingerprint density at radius 2 is 2.06 bits per heavy atom. The second kappa shape index (κ2) is 6.97. The summed E-state index contributed by atoms with van der Waals surface area (Å²) in [5.74, 6) is 6.92. The van der Waals surface area contributed by atoms with Crippen molar-refractivity contribution < 1.29 is 8.95 Å². The van der Waals surface area contributed by atoms with Crippen LogP contribution < -0.4 is 21.3 Å². The molecule has 0 aliphatic heterocycles. The number of hydrazine groups is 1. The van der Waals surface area contributed by atoms with E-state index < -0.39 is 10.8 Å². The number of anilines is 2. The van der Waals surface area contributed by atoms with Gasteiger partial charge in [-0.1, -0.05) is 6.92 Å². The first kappa shape index (κ1) is 13.6. The van der Waals surface area contributed by atoms with Crippen molar-refractivity contribution in [1.82, 2.24) is 15.0 Å². The third-order valence-corrected chi connectivity index (χ3v) is 3.16. The highest BCUT2D eigenvalue weighted by atomic mass is 32.2. The molecule has 1 rings (SSSR count). The lowest BCUT2D eigenvalue weighted by molar-refractivity contribution is 0.379. The van der Waals surface area contributed by atoms with Crippen LogP contribution in [0.15, 0.2) is 0 Å². The van der Waals surface area contributed by atoms with Crippen LogP contribution in [0.1, 0.15) is 6.92 Å². The van der Waals surface area contributed by atoms with Crippen LogP contribution in [-0.4, -0.2) is 44.3 Å². The maximum Gasteiger partial charge on any atom is 0.322 e. The van der Waals surface area contributed by atoms with E-state index in [1.54, 1.807) is 0 Å². The smallest absolute Gasteiger partial charge is 0.322 e. The van der Waals surface area contributed by atoms with Gasteiger partial charge in [-0.3, -0.25) is 9.63 Å². The first-order valence-electron chi connectivity index (χ1n) is 5.05. The van der Waals surface area contributed by atoms with Crippen LogP contribution in [0, 0.1) is 0 Å². The molecule has 0 spiro atoms. The molecule has 96 valence electrons. The molecule has 9 heteroatoms. The van der Waals surface area contributed by atoms with Crippen molar-refractivity contribution in [2.45, 2.75) is 6.92 Å². The average molecular weight is 260 g/mol. The Kier molecular flexibility index (Phi) is 5.57. The van der Waals surface area contributed by atoms with E-state index in [-0.39, 0.29) is 12.0 Å². The van der Waals surface area contributed by atoms with Crippen LogP contribution in [-0.2, 0) is 10.8 Å². The van der Waals surface area contributed by atoms with Crippen LogP contribution in [0.4, 0.5) is 11.9 Å². The summed E-state index contributed by atoms with van der Waals surface area (Å²) in [5, 5.41) is 2.93. The van der Waals surface area contributed by atoms with E-state index in [0.29, 0.717) is 24.0 Å². The molecule has 0 aromatic carbocycles. The zero-order valence-corrected chi connectivity index (χ0v) is 10.6. The minimum absolute atomic E-state index is 0.159. The molecule has 0 saturated heterocycles. The summed E-state index contributed by atoms with van der Waals surface area (Å²) in [7, 11) is 0.630. The van der Waals surface area contributed by atoms with Gasteiger partial charge in [-0.25, -0.2) is 5.84 Å². The Morgan fingerprint density at radius 3 is 2.65 bits per heavy atom. The number of nitrogens with one attached hydrogen (secondary N) is 2. The maximum absolute atomic E-state index is 11.2. The molecular formula is C8H16N6O2S. The van der Waals surface area contributed by atoms with E-state index in [0.717, 1.165) is 0 Å². The molecule has 1 atom stereocenters. The van der Waals surface area contributed by atoms with Gasteiger partial charge in [0.25, 0.3) is 0 Å². The normalized spacial score (nSPS) is 11.9. The lowest BCUT2D eigenvalue weighted by Crippen LogP contribution is -2.17. The zero-order chi connectivity index (χ0) is 12.7. The number of nitrogens with zero attached hydrogens (tertiary/aromatic N) is 3. The van der Waals surface area contributed by atoms with Crippen molar-refractivity contribution in [2.75, 3.05) is 35.9 Å². The van der Waals surface area contributed by atoms with E-state index in [4.69, 9.17) is 10.6 Å². The highest BCUT2D eigenvalue weighted by Gasteiger charge is 2.05. The van der Waals surface area contributed by atoms with Gasteiger partial charge >= 0.3 is 6.01 Å². The highest BCUT2D eigenvalue weighted by molar-refractivity contribution is 7.84. The van der Waals surface area contributed by atoms with E-state index in [9.17, 15) is 4.21 Å². The van der Waals surface area contributed by atoms with Crippen molar-refractivity contribution in [3.8, 4) is 6.01 Å². The summed E-state index contributed by atoms with van der Waals surface area (Å²) in [6, 6.07) is 0.159. The number of rotatable bonds is 7. The minimum atomic E-state index is -0.820. The molecule has 0 aliphatic carbocycles. The summed E-state index contributed by atoms with van der Waals surface area (Å²) in [4.78, 5) is 11.8. The number of ether oxygens (including phenoxy) is 1. The summed E-state index contributed by atoms with van der Waals surface area (Å²) in [6.07, 6.45) is 0. The molecule has 17 heavy (non-hydrogen) atoms. The van der Waals surface area contributed by atoms with Crippen LogP contribution in [0.2, 0.25) is 0 Å². The number of hydrogen-bond acceptors (Lipinski definition) is 8. The summed E-state index contributed by atoms with van der Waals surface area (Å²) in [6.45, 7) is 2.39. The van der Waals surface area contributed by atoms with Gasteiger partial charge in [0.1, 0.15) is 0 Å². The van der Waals surface area contributed by atoms with Crippen molar-refractivity contribution in [3.63, 3.8) is 0 Å². The van der Waals surface area contributed by atoms with Gasteiger partial charge < -0.3 is 10.1 Å². The topological polar surface area (TPSA) is 115 Å². The Hall–Kier alpha value is -1.48. The number of hydrogen-bond donors (Lipinski definition) is 3. The van der Waals surface area contributed by atoms with Crippen molar-refractivity contribution in [1.29, 1.82) is 0 Å². The van der Waals surface area contributed by atoms with Gasteiger partial charge in [0.2, 0.25) is 11.9 Å². The molecular weight excluding hydrogens is 244 g/mol. The lowest BCUT2D eigenvalue weighted by atomic mass is 10.7. The summed E-state index contributed by atoms with van der Waals surface area (Å²) < 4.78 is 16.1. The predicted octanol–water partition coefficient (Wildman–Crippen LogP) is -0.654. The predicted molar refractivity (Wildman–Crippen MR) is 66.2 cm³/mol. The molecule has 4 N–H and O–H groups in total. The van der Waals surface area contributed by atoms with Crippen LogP contribution in [0.3, 0.4) is 0 Å². The lowest BCUT2D eigenvalue weighted by Gasteiger charge is -2.07. The van der Waals surface area contributed by atoms with Gasteiger partial charge in [0.05, 0.1) is 7.11 Å². The molecule has 1 unspecified atom stereocenters. The Bertz CT molecular complexity index is 366. The summed E-state index contributed by atoms with van der Waals surface area (Å²) in [5.41, 5.74) is 2.31. The Labute approximate surface area is 102 Å². The fourth-order valence-electron chi connectivity index (χ4n) is 1.01. The van der Waals surface area contributed by atoms with Gasteiger partial charge in [0.15, 0.2) is 0 Å². The average Bonchev–Trinajstić information content (AvgIpc) is 2.37. The molecule has 1 aromatic rings. The maximum atomic E-state index is 11.2. The standard InChI is InChI=1S/C8H16N6O2S/c1-3-17(15)5-4-10-6-11-7(14-9)13-8(12-6)16-2/h3-5,9H2,1-2H3,(H2,10,11,12,13,14). The SMILES string of the molecule is CCS(=O)CCNc1nc(NN)nc(OC)n1. The van der Waals surface area contributed by atoms with Crippen molar-refractivity contribution in [3.05, 3.63) is 0 Å². The van der Waals surface area contributed by atoms with E-state index in [2.05, 4.69) is 25.7 Å². The molecule has 1 aromatic heterocycles. The monoisotopic (exact) mass is 260 g/mol. The van der Waals surface area contributed by atoms with E-state index >= 15 is 0 Å². The quantitative estimate of drug-likeness (QED) is 0.437. The molecule has 0 saturated carbocycles. The third-order valence-electron chi connectivity index (χ3n) is 1.86. The molecule has 1 heterocycles. The second-order valence-electron chi connectivity index (χ2n) is 2.97. The van der Waals surface area contributed by atoms with Crippen molar-refractivity contribution >= 4 is 22.7 Å². The third kappa shape index (κ3) is 4.49. The zero-order valence-electron chi connectivity index (χ0n) is 9.77. The fraction of sp³-hybridized carbons (Fsp3) is 0.625. The van der Waals surface area contributed by atoms with Crippen LogP contribution >= 0.6 is 0 Å². The summed E-state index contributed by atoms with van der Waals surface area (Å²) >= 11 is 0. The molecule has 0 aliphatic rings. The second-order valence-corrected chi connectivity index (χ2v) is 4.84. The van der Waals surface area contributed by atoms with E-state index in [1.807, 2.05) is 6.92 Å². The van der Waals surface area contributed by atoms with E-state index in [1.165, 1.54) is 7.11 Å².